The summed E-state index contributed by atoms with van der Waals surface area (Å²) in [5.74, 6) is -2.64. The van der Waals surface area contributed by atoms with Crippen LogP contribution in [0.25, 0.3) is 0 Å². The van der Waals surface area contributed by atoms with E-state index in [0.717, 1.165) is 10.4 Å². The molecule has 0 aliphatic heterocycles. The molecule has 0 radical (unpaired) electrons. The van der Waals surface area contributed by atoms with Crippen molar-refractivity contribution in [2.45, 2.75) is 11.8 Å². The Labute approximate surface area is 123 Å². The van der Waals surface area contributed by atoms with Gasteiger partial charge in [0.2, 0.25) is 15.8 Å². The molecule has 1 N–H and O–H groups in total. The summed E-state index contributed by atoms with van der Waals surface area (Å²) >= 11 is 2.83. The third-order valence-electron chi connectivity index (χ3n) is 2.21. The second-order valence-corrected chi connectivity index (χ2v) is 6.35. The van der Waals surface area contributed by atoms with E-state index in [9.17, 15) is 18.0 Å². The quantitative estimate of drug-likeness (QED) is 0.741. The van der Waals surface area contributed by atoms with Gasteiger partial charge in [0, 0.05) is 13.1 Å². The summed E-state index contributed by atoms with van der Waals surface area (Å²) in [7, 11) is -2.89. The van der Waals surface area contributed by atoms with E-state index >= 15 is 0 Å². The smallest absolute Gasteiger partial charge is 0.371 e. The van der Waals surface area contributed by atoms with Crippen LogP contribution in [-0.4, -0.2) is 50.0 Å². The first kappa shape index (κ1) is 16.7. The molecule has 0 unspecified atom stereocenters. The van der Waals surface area contributed by atoms with Crippen LogP contribution in [0.1, 0.15) is 17.5 Å². The maximum Gasteiger partial charge on any atom is 0.371 e. The number of nitrogens with zero attached hydrogens (tertiary/aromatic N) is 1. The first-order valence-corrected chi connectivity index (χ1v) is 7.58. The van der Waals surface area contributed by atoms with E-state index in [1.54, 1.807) is 6.92 Å². The van der Waals surface area contributed by atoms with Gasteiger partial charge in [0.05, 0.1) is 6.61 Å². The monoisotopic (exact) mass is 369 g/mol. The lowest BCUT2D eigenvalue weighted by Gasteiger charge is -2.15. The van der Waals surface area contributed by atoms with Crippen molar-refractivity contribution < 1.29 is 32.3 Å². The minimum atomic E-state index is -4.07. The molecule has 0 aliphatic rings. The number of carbonyl (C=O) groups is 2. The number of likely N-dealkylation sites (N-methyl/N-ethyl adjacent to an activating group) is 1. The van der Waals surface area contributed by atoms with E-state index < -0.39 is 34.3 Å². The molecule has 0 spiro atoms. The first-order chi connectivity index (χ1) is 9.20. The molecule has 0 saturated carbocycles. The first-order valence-electron chi connectivity index (χ1n) is 5.34. The maximum atomic E-state index is 12.2. The average Bonchev–Trinajstić information content (AvgIpc) is 2.72. The highest BCUT2D eigenvalue weighted by Crippen LogP contribution is 2.28. The van der Waals surface area contributed by atoms with Crippen LogP contribution in [-0.2, 0) is 19.6 Å². The fourth-order valence-corrected chi connectivity index (χ4v) is 3.29. The van der Waals surface area contributed by atoms with Crippen molar-refractivity contribution >= 4 is 37.9 Å². The summed E-state index contributed by atoms with van der Waals surface area (Å²) < 4.78 is 34.2. The maximum absolute atomic E-state index is 12.2. The largest absolute Gasteiger partial charge is 0.475 e. The van der Waals surface area contributed by atoms with Gasteiger partial charge in [-0.3, -0.25) is 4.79 Å². The third kappa shape index (κ3) is 3.58. The minimum absolute atomic E-state index is 0.130. The Bertz CT molecular complexity index is 622. The third-order valence-corrected chi connectivity index (χ3v) is 4.87. The molecular formula is C10H12BrNO7S. The van der Waals surface area contributed by atoms with Crippen molar-refractivity contribution in [2.75, 3.05) is 20.2 Å². The van der Waals surface area contributed by atoms with Crippen molar-refractivity contribution in [1.82, 2.24) is 4.31 Å². The number of carboxylic acid groups (broad SMARTS) is 1. The van der Waals surface area contributed by atoms with Crippen molar-refractivity contribution in [1.29, 1.82) is 0 Å². The molecule has 0 saturated heterocycles. The summed E-state index contributed by atoms with van der Waals surface area (Å²) in [6.45, 7) is 1.24. The second kappa shape index (κ2) is 6.37. The van der Waals surface area contributed by atoms with E-state index in [1.807, 2.05) is 0 Å². The van der Waals surface area contributed by atoms with Gasteiger partial charge < -0.3 is 14.3 Å². The van der Waals surface area contributed by atoms with Crippen molar-refractivity contribution in [3.8, 4) is 0 Å². The van der Waals surface area contributed by atoms with Crippen LogP contribution in [0.4, 0.5) is 0 Å². The lowest BCUT2D eigenvalue weighted by molar-refractivity contribution is -0.143. The van der Waals surface area contributed by atoms with Gasteiger partial charge in [-0.1, -0.05) is 0 Å². The van der Waals surface area contributed by atoms with E-state index in [1.165, 1.54) is 7.05 Å². The van der Waals surface area contributed by atoms with Gasteiger partial charge in [-0.05, 0) is 22.9 Å². The molecule has 0 atom stereocenters. The zero-order valence-corrected chi connectivity index (χ0v) is 13.0. The summed E-state index contributed by atoms with van der Waals surface area (Å²) in [5, 5.41) is 8.75. The number of aromatic carboxylic acids is 1. The van der Waals surface area contributed by atoms with Gasteiger partial charge in [0.1, 0.15) is 11.4 Å². The molecule has 10 heteroatoms. The predicted molar refractivity (Wildman–Crippen MR) is 69.8 cm³/mol. The lowest BCUT2D eigenvalue weighted by Crippen LogP contribution is -2.33. The highest BCUT2D eigenvalue weighted by atomic mass is 79.9. The van der Waals surface area contributed by atoms with Gasteiger partial charge in [0.25, 0.3) is 0 Å². The number of carbonyl (C=O) groups excluding carboxylic acids is 1. The highest BCUT2D eigenvalue weighted by Gasteiger charge is 2.30. The van der Waals surface area contributed by atoms with Crippen LogP contribution in [0, 0.1) is 0 Å². The lowest BCUT2D eigenvalue weighted by atomic mass is 10.5. The molecule has 1 aromatic heterocycles. The fraction of sp³-hybridized carbons (Fsp3) is 0.400. The zero-order valence-electron chi connectivity index (χ0n) is 10.6. The van der Waals surface area contributed by atoms with Crippen molar-refractivity contribution in [2.24, 2.45) is 0 Å². The van der Waals surface area contributed by atoms with Crippen LogP contribution >= 0.6 is 15.9 Å². The SMILES string of the molecule is CCOC(=O)CN(C)S(=O)(=O)c1cc(C(=O)O)oc1Br. The van der Waals surface area contributed by atoms with E-state index in [4.69, 9.17) is 9.52 Å². The summed E-state index contributed by atoms with van der Waals surface area (Å²) in [5.41, 5.74) is 0. The molecule has 20 heavy (non-hydrogen) atoms. The average molecular weight is 370 g/mol. The van der Waals surface area contributed by atoms with Crippen LogP contribution in [0.15, 0.2) is 20.0 Å². The summed E-state index contributed by atoms with van der Waals surface area (Å²) in [6.07, 6.45) is 0. The molecule has 1 aromatic rings. The number of ether oxygens (including phenoxy) is 1. The molecule has 8 nitrogen and oxygen atoms in total. The summed E-state index contributed by atoms with van der Waals surface area (Å²) in [6, 6.07) is 0.864. The Morgan fingerprint density at radius 3 is 2.55 bits per heavy atom. The van der Waals surface area contributed by atoms with Crippen molar-refractivity contribution in [3.05, 3.63) is 16.5 Å². The molecule has 0 aliphatic carbocycles. The van der Waals surface area contributed by atoms with Gasteiger partial charge in [-0.15, -0.1) is 0 Å². The Morgan fingerprint density at radius 2 is 2.10 bits per heavy atom. The molecule has 0 amide bonds. The molecule has 112 valence electrons. The standard InChI is InChI=1S/C10H12BrNO7S/c1-3-18-8(13)5-12(2)20(16,17)7-4-6(10(14)15)19-9(7)11/h4H,3,5H2,1-2H3,(H,14,15). The van der Waals surface area contributed by atoms with Crippen molar-refractivity contribution in [3.63, 3.8) is 0 Å². The topological polar surface area (TPSA) is 114 Å². The number of halogens is 1. The fourth-order valence-electron chi connectivity index (χ4n) is 1.27. The Kier molecular flexibility index (Phi) is 5.31. The highest BCUT2D eigenvalue weighted by molar-refractivity contribution is 9.10. The Morgan fingerprint density at radius 1 is 1.50 bits per heavy atom. The van der Waals surface area contributed by atoms with Crippen LogP contribution in [0.5, 0.6) is 0 Å². The van der Waals surface area contributed by atoms with E-state index in [-0.39, 0.29) is 16.2 Å². The molecule has 0 bridgehead atoms. The molecule has 1 heterocycles. The number of furan rings is 1. The molecular weight excluding hydrogens is 358 g/mol. The van der Waals surface area contributed by atoms with Crippen LogP contribution < -0.4 is 0 Å². The number of esters is 1. The number of rotatable bonds is 6. The van der Waals surface area contributed by atoms with Gasteiger partial charge >= 0.3 is 11.9 Å². The van der Waals surface area contributed by atoms with Gasteiger partial charge in [0.15, 0.2) is 4.67 Å². The number of hydrogen-bond acceptors (Lipinski definition) is 6. The van der Waals surface area contributed by atoms with Gasteiger partial charge in [-0.25, -0.2) is 13.2 Å². The normalized spacial score (nSPS) is 11.6. The van der Waals surface area contributed by atoms with Crippen LogP contribution in [0.2, 0.25) is 0 Å². The minimum Gasteiger partial charge on any atom is -0.475 e. The molecule has 0 aromatic carbocycles. The Balaban J connectivity index is 3.04. The van der Waals surface area contributed by atoms with E-state index in [0.29, 0.717) is 0 Å². The van der Waals surface area contributed by atoms with Crippen LogP contribution in [0.3, 0.4) is 0 Å². The van der Waals surface area contributed by atoms with Gasteiger partial charge in [-0.2, -0.15) is 4.31 Å². The number of hydrogen-bond donors (Lipinski definition) is 1. The molecule has 1 rings (SSSR count). The second-order valence-electron chi connectivity index (χ2n) is 3.62. The Hall–Kier alpha value is -1.39. The number of carboxylic acids is 1. The molecule has 0 fully saturated rings. The zero-order chi connectivity index (χ0) is 15.5. The number of sulfonamides is 1. The summed E-state index contributed by atoms with van der Waals surface area (Å²) in [4.78, 5) is 21.6. The van der Waals surface area contributed by atoms with E-state index in [2.05, 4.69) is 20.7 Å². The predicted octanol–water partition coefficient (Wildman–Crippen LogP) is 0.924.